The highest BCUT2D eigenvalue weighted by molar-refractivity contribution is 7.18. The second kappa shape index (κ2) is 6.63. The molecular formula is C17H16N2O3S. The maximum absolute atomic E-state index is 12.4. The summed E-state index contributed by atoms with van der Waals surface area (Å²) >= 11 is 1.05. The smallest absolute Gasteiger partial charge is 0.348 e. The fourth-order valence-corrected chi connectivity index (χ4v) is 3.33. The van der Waals surface area contributed by atoms with Gasteiger partial charge in [-0.05, 0) is 38.0 Å². The van der Waals surface area contributed by atoms with E-state index in [1.807, 2.05) is 32.0 Å². The van der Waals surface area contributed by atoms with Crippen LogP contribution in [0.15, 0.2) is 18.2 Å². The van der Waals surface area contributed by atoms with Crippen molar-refractivity contribution in [2.75, 3.05) is 12.4 Å². The van der Waals surface area contributed by atoms with Crippen molar-refractivity contribution < 1.29 is 14.3 Å². The number of hydrogen-bond donors (Lipinski definition) is 1. The van der Waals surface area contributed by atoms with Crippen molar-refractivity contribution in [3.8, 4) is 6.07 Å². The van der Waals surface area contributed by atoms with Gasteiger partial charge >= 0.3 is 5.97 Å². The van der Waals surface area contributed by atoms with E-state index in [4.69, 9.17) is 4.74 Å². The fraction of sp³-hybridized carbons (Fsp3) is 0.235. The second-order valence-electron chi connectivity index (χ2n) is 5.14. The van der Waals surface area contributed by atoms with Crippen LogP contribution in [0.1, 0.15) is 42.3 Å². The number of aryl methyl sites for hydroxylation is 2. The molecule has 1 N–H and O–H groups in total. The van der Waals surface area contributed by atoms with Crippen LogP contribution >= 0.6 is 11.3 Å². The number of nitrogens with one attached hydrogen (secondary N) is 1. The first-order valence-electron chi connectivity index (χ1n) is 6.89. The van der Waals surface area contributed by atoms with Gasteiger partial charge in [-0.3, -0.25) is 4.79 Å². The van der Waals surface area contributed by atoms with Gasteiger partial charge in [0.2, 0.25) is 0 Å². The number of esters is 1. The summed E-state index contributed by atoms with van der Waals surface area (Å²) in [5, 5.41) is 12.4. The number of carbonyl (C=O) groups excluding carboxylic acids is 2. The standard InChI is InChI=1S/C17H16N2O3S/c1-9-5-6-12(10(2)7-9)15(20)19-16-13(8-18)11(3)14(23-16)17(21)22-4/h5-7H,1-4H3,(H,19,20). The summed E-state index contributed by atoms with van der Waals surface area (Å²) in [5.41, 5.74) is 3.25. The number of nitriles is 1. The third-order valence-electron chi connectivity index (χ3n) is 3.48. The van der Waals surface area contributed by atoms with E-state index in [1.54, 1.807) is 13.0 Å². The summed E-state index contributed by atoms with van der Waals surface area (Å²) in [5.74, 6) is -0.826. The topological polar surface area (TPSA) is 79.2 Å². The Morgan fingerprint density at radius 1 is 1.26 bits per heavy atom. The van der Waals surface area contributed by atoms with Crippen LogP contribution < -0.4 is 5.32 Å². The molecule has 23 heavy (non-hydrogen) atoms. The van der Waals surface area contributed by atoms with Gasteiger partial charge in [0.1, 0.15) is 15.9 Å². The average Bonchev–Trinajstić information content (AvgIpc) is 2.82. The van der Waals surface area contributed by atoms with Gasteiger partial charge in [-0.25, -0.2) is 4.79 Å². The van der Waals surface area contributed by atoms with Crippen molar-refractivity contribution in [2.24, 2.45) is 0 Å². The molecule has 0 atom stereocenters. The monoisotopic (exact) mass is 328 g/mol. The summed E-state index contributed by atoms with van der Waals surface area (Å²) in [7, 11) is 1.28. The van der Waals surface area contributed by atoms with Gasteiger partial charge in [0.25, 0.3) is 5.91 Å². The Morgan fingerprint density at radius 2 is 1.96 bits per heavy atom. The van der Waals surface area contributed by atoms with Gasteiger partial charge in [0, 0.05) is 5.56 Å². The summed E-state index contributed by atoms with van der Waals surface area (Å²) in [6.07, 6.45) is 0. The molecule has 0 fully saturated rings. The predicted octanol–water partition coefficient (Wildman–Crippen LogP) is 3.58. The lowest BCUT2D eigenvalue weighted by Crippen LogP contribution is -2.13. The molecule has 0 spiro atoms. The molecule has 2 rings (SSSR count). The van der Waals surface area contributed by atoms with Crippen molar-refractivity contribution in [1.29, 1.82) is 5.26 Å². The summed E-state index contributed by atoms with van der Waals surface area (Å²) < 4.78 is 4.70. The zero-order chi connectivity index (χ0) is 17.1. The lowest BCUT2D eigenvalue weighted by Gasteiger charge is -2.07. The molecule has 0 radical (unpaired) electrons. The first kappa shape index (κ1) is 16.7. The number of thiophene rings is 1. The van der Waals surface area contributed by atoms with Crippen molar-refractivity contribution in [1.82, 2.24) is 0 Å². The van der Waals surface area contributed by atoms with E-state index in [9.17, 15) is 14.9 Å². The normalized spacial score (nSPS) is 10.0. The molecule has 0 saturated carbocycles. The zero-order valence-corrected chi connectivity index (χ0v) is 14.1. The highest BCUT2D eigenvalue weighted by Gasteiger charge is 2.22. The van der Waals surface area contributed by atoms with Crippen LogP contribution in [0.2, 0.25) is 0 Å². The molecule has 1 amide bonds. The third-order valence-corrected chi connectivity index (χ3v) is 4.67. The first-order chi connectivity index (χ1) is 10.9. The Morgan fingerprint density at radius 3 is 2.52 bits per heavy atom. The highest BCUT2D eigenvalue weighted by Crippen LogP contribution is 2.33. The van der Waals surface area contributed by atoms with Crippen molar-refractivity contribution in [3.63, 3.8) is 0 Å². The van der Waals surface area contributed by atoms with Gasteiger partial charge in [-0.15, -0.1) is 11.3 Å². The van der Waals surface area contributed by atoms with E-state index in [0.717, 1.165) is 22.5 Å². The van der Waals surface area contributed by atoms with Gasteiger partial charge in [-0.1, -0.05) is 17.7 Å². The van der Waals surface area contributed by atoms with Crippen molar-refractivity contribution in [2.45, 2.75) is 20.8 Å². The number of rotatable bonds is 3. The molecule has 0 aliphatic carbocycles. The highest BCUT2D eigenvalue weighted by atomic mass is 32.1. The van der Waals surface area contributed by atoms with Crippen LogP contribution in [0.5, 0.6) is 0 Å². The third kappa shape index (κ3) is 3.25. The maximum atomic E-state index is 12.4. The molecule has 0 unspecified atom stereocenters. The molecule has 0 saturated heterocycles. The Kier molecular flexibility index (Phi) is 4.82. The lowest BCUT2D eigenvalue weighted by molar-refractivity contribution is 0.0605. The number of nitrogens with zero attached hydrogens (tertiary/aromatic N) is 1. The number of carbonyl (C=O) groups is 2. The van der Waals surface area contributed by atoms with Crippen LogP contribution in [0.25, 0.3) is 0 Å². The van der Waals surface area contributed by atoms with E-state index >= 15 is 0 Å². The number of benzene rings is 1. The molecule has 5 nitrogen and oxygen atoms in total. The van der Waals surface area contributed by atoms with E-state index in [1.165, 1.54) is 7.11 Å². The minimum atomic E-state index is -0.518. The molecular weight excluding hydrogens is 312 g/mol. The zero-order valence-electron chi connectivity index (χ0n) is 13.3. The van der Waals surface area contributed by atoms with Crippen molar-refractivity contribution >= 4 is 28.2 Å². The van der Waals surface area contributed by atoms with E-state index in [0.29, 0.717) is 21.0 Å². The summed E-state index contributed by atoms with van der Waals surface area (Å²) in [6, 6.07) is 7.55. The Hall–Kier alpha value is -2.65. The molecule has 118 valence electrons. The predicted molar refractivity (Wildman–Crippen MR) is 89.0 cm³/mol. The van der Waals surface area contributed by atoms with E-state index < -0.39 is 5.97 Å². The molecule has 2 aromatic rings. The maximum Gasteiger partial charge on any atom is 0.348 e. The molecule has 6 heteroatoms. The number of amides is 1. The Labute approximate surface area is 138 Å². The van der Waals surface area contributed by atoms with Gasteiger partial charge in [0.05, 0.1) is 12.7 Å². The van der Waals surface area contributed by atoms with Crippen LogP contribution in [-0.4, -0.2) is 19.0 Å². The second-order valence-corrected chi connectivity index (χ2v) is 6.16. The average molecular weight is 328 g/mol. The Bertz CT molecular complexity index is 831. The molecule has 0 bridgehead atoms. The first-order valence-corrected chi connectivity index (χ1v) is 7.71. The minimum absolute atomic E-state index is 0.286. The SMILES string of the molecule is COC(=O)c1sc(NC(=O)c2ccc(C)cc2C)c(C#N)c1C. The van der Waals surface area contributed by atoms with Crippen LogP contribution in [0.4, 0.5) is 5.00 Å². The van der Waals surface area contributed by atoms with Gasteiger partial charge in [-0.2, -0.15) is 5.26 Å². The molecule has 1 aromatic carbocycles. The number of anilines is 1. The van der Waals surface area contributed by atoms with E-state index in [-0.39, 0.29) is 11.5 Å². The van der Waals surface area contributed by atoms with Crippen LogP contribution in [-0.2, 0) is 4.74 Å². The summed E-state index contributed by atoms with van der Waals surface area (Å²) in [4.78, 5) is 24.5. The number of methoxy groups -OCH3 is 1. The fourth-order valence-electron chi connectivity index (χ4n) is 2.26. The molecule has 0 aliphatic heterocycles. The van der Waals surface area contributed by atoms with Crippen LogP contribution in [0, 0.1) is 32.1 Å². The van der Waals surface area contributed by atoms with Gasteiger partial charge < -0.3 is 10.1 Å². The largest absolute Gasteiger partial charge is 0.465 e. The van der Waals surface area contributed by atoms with Crippen LogP contribution in [0.3, 0.4) is 0 Å². The van der Waals surface area contributed by atoms with Gasteiger partial charge in [0.15, 0.2) is 0 Å². The quantitative estimate of drug-likeness (QED) is 0.873. The molecule has 0 aliphatic rings. The lowest BCUT2D eigenvalue weighted by atomic mass is 10.1. The molecule has 1 heterocycles. The summed E-state index contributed by atoms with van der Waals surface area (Å²) in [6.45, 7) is 5.47. The molecule has 1 aromatic heterocycles. The van der Waals surface area contributed by atoms with E-state index in [2.05, 4.69) is 5.32 Å². The number of hydrogen-bond acceptors (Lipinski definition) is 5. The Balaban J connectivity index is 2.38. The number of ether oxygens (including phenoxy) is 1. The minimum Gasteiger partial charge on any atom is -0.465 e. The van der Waals surface area contributed by atoms with Crippen molar-refractivity contribution in [3.05, 3.63) is 50.9 Å².